The number of anilines is 1. The van der Waals surface area contributed by atoms with E-state index in [-0.39, 0.29) is 51.4 Å². The largest absolute Gasteiger partial charge is 0.489 e. The van der Waals surface area contributed by atoms with Crippen LogP contribution in [0.1, 0.15) is 62.8 Å². The van der Waals surface area contributed by atoms with E-state index in [0.717, 1.165) is 54.8 Å². The minimum atomic E-state index is -3.09. The van der Waals surface area contributed by atoms with Gasteiger partial charge >= 0.3 is 18.7 Å². The van der Waals surface area contributed by atoms with Crippen molar-refractivity contribution in [3.8, 4) is 11.5 Å². The Morgan fingerprint density at radius 1 is 1.08 bits per heavy atom. The first-order chi connectivity index (χ1) is 25.5. The molecule has 4 aromatic rings. The van der Waals surface area contributed by atoms with Crippen LogP contribution in [-0.4, -0.2) is 71.2 Å². The summed E-state index contributed by atoms with van der Waals surface area (Å²) in [6, 6.07) is 9.66. The van der Waals surface area contributed by atoms with Crippen LogP contribution in [0.15, 0.2) is 61.2 Å². The second-order valence-corrected chi connectivity index (χ2v) is 15.5. The smallest absolute Gasteiger partial charge is 0.415 e. The lowest BCUT2D eigenvalue weighted by Crippen LogP contribution is -2.53. The summed E-state index contributed by atoms with van der Waals surface area (Å²) in [5, 5.41) is 20.8. The molecule has 3 aromatic heterocycles. The lowest BCUT2D eigenvalue weighted by Gasteiger charge is -2.44. The molecule has 16 heteroatoms. The molecule has 11 nitrogen and oxygen atoms in total. The van der Waals surface area contributed by atoms with E-state index in [4.69, 9.17) is 37.4 Å². The van der Waals surface area contributed by atoms with Gasteiger partial charge < -0.3 is 19.3 Å². The summed E-state index contributed by atoms with van der Waals surface area (Å²) in [4.78, 5) is 35.3. The second kappa shape index (κ2) is 16.0. The molecule has 1 aromatic carbocycles. The molecule has 1 saturated carbocycles. The minimum absolute atomic E-state index is 0.00403. The maximum absolute atomic E-state index is 13.9. The van der Waals surface area contributed by atoms with Crippen molar-refractivity contribution in [2.45, 2.75) is 57.3 Å². The first-order valence-electron chi connectivity index (χ1n) is 17.3. The number of carboxylic acid groups (broad SMARTS) is 1. The van der Waals surface area contributed by atoms with E-state index in [9.17, 15) is 28.7 Å². The summed E-state index contributed by atoms with van der Waals surface area (Å²) in [5.41, 5.74) is 1.79. The van der Waals surface area contributed by atoms with E-state index in [2.05, 4.69) is 9.88 Å². The Morgan fingerprint density at radius 2 is 1.83 bits per heavy atom. The Labute approximate surface area is 318 Å². The molecular weight excluding hydrogens is 753 g/mol. The zero-order chi connectivity index (χ0) is 37.2. The van der Waals surface area contributed by atoms with Gasteiger partial charge in [-0.05, 0) is 98.5 Å². The zero-order valence-corrected chi connectivity index (χ0v) is 30.7. The molecule has 4 fully saturated rings. The van der Waals surface area contributed by atoms with E-state index in [1.54, 1.807) is 42.7 Å². The van der Waals surface area contributed by atoms with Gasteiger partial charge in [-0.1, -0.05) is 29.3 Å². The van der Waals surface area contributed by atoms with Crippen molar-refractivity contribution < 1.29 is 47.6 Å². The Hall–Kier alpha value is -4.24. The van der Waals surface area contributed by atoms with Crippen LogP contribution in [-0.2, 0) is 17.7 Å². The number of carbonyl (C=O) groups is 2. The van der Waals surface area contributed by atoms with Gasteiger partial charge in [-0.3, -0.25) is 20.0 Å². The highest BCUT2D eigenvalue weighted by Gasteiger charge is 2.38. The number of piperidine rings is 3. The predicted molar refractivity (Wildman–Crippen MR) is 192 cm³/mol. The van der Waals surface area contributed by atoms with E-state index < -0.39 is 24.6 Å². The molecule has 53 heavy (non-hydrogen) atoms. The third-order valence-electron chi connectivity index (χ3n) is 9.96. The van der Waals surface area contributed by atoms with Crippen molar-refractivity contribution in [2.75, 3.05) is 31.1 Å². The number of fused-ring (bicyclic) bond motifs is 3. The summed E-state index contributed by atoms with van der Waals surface area (Å²) in [5.74, 6) is -1.45. The van der Waals surface area contributed by atoms with Crippen molar-refractivity contribution in [3.63, 3.8) is 0 Å². The number of benzene rings is 1. The fourth-order valence-electron chi connectivity index (χ4n) is 7.02. The number of ether oxygens (including phenoxy) is 3. The number of hydrogen-bond acceptors (Lipinski definition) is 9. The highest BCUT2D eigenvalue weighted by molar-refractivity contribution is 7.14. The quantitative estimate of drug-likeness (QED) is 0.0978. The van der Waals surface area contributed by atoms with Crippen LogP contribution in [0.3, 0.4) is 0 Å². The van der Waals surface area contributed by atoms with Crippen LogP contribution in [0, 0.1) is 11.8 Å². The van der Waals surface area contributed by atoms with Gasteiger partial charge in [0.15, 0.2) is 11.5 Å². The average molecular weight is 791 g/mol. The second-order valence-electron chi connectivity index (χ2n) is 13.6. The maximum atomic E-state index is 13.9. The third-order valence-corrected chi connectivity index (χ3v) is 11.7. The van der Waals surface area contributed by atoms with Crippen molar-refractivity contribution >= 4 is 52.3 Å². The van der Waals surface area contributed by atoms with Gasteiger partial charge in [-0.25, -0.2) is 9.59 Å². The molecular formula is C37H37Cl2F2N4O7S+. The van der Waals surface area contributed by atoms with Crippen LogP contribution in [0.25, 0.3) is 0 Å². The number of rotatable bonds is 14. The van der Waals surface area contributed by atoms with Gasteiger partial charge in [0.05, 0.1) is 25.0 Å². The number of halogens is 4. The molecule has 1 amide bonds. The number of carboxylic acids is 1. The van der Waals surface area contributed by atoms with E-state index in [1.807, 2.05) is 0 Å². The lowest BCUT2D eigenvalue weighted by molar-refractivity contribution is -0.904. The van der Waals surface area contributed by atoms with Crippen LogP contribution >= 0.6 is 34.5 Å². The summed E-state index contributed by atoms with van der Waals surface area (Å²) in [6.45, 7) is -0.166. The van der Waals surface area contributed by atoms with Gasteiger partial charge in [0.25, 0.3) is 0 Å². The number of carbonyl (C=O) groups excluding carboxylic acids is 1. The standard InChI is InChI=1S/C37H36Cl2F2N4O7S/c38-29-17-44(49)18-30(39)28(29)14-26(23-5-6-31(51-36(40)41)32(12-23)50-20-21-3-4-21)27-13-25(53-34(27)35(46)47)16-45(24-2-1-9-42-15-24)37(48)52-33-19-43-10-7-22(33)8-11-43/h1-2,5-6,9,12-13,15,17-18,21-22,26,33,36H,3-4,7-8,10-11,14,16,19-20H2,(H-,46,47,49)/p+1/t26-,33-/m0/s1. The molecule has 4 aliphatic rings. The van der Waals surface area contributed by atoms with Crippen LogP contribution in [0.4, 0.5) is 19.3 Å². The van der Waals surface area contributed by atoms with Gasteiger partial charge in [0.1, 0.15) is 21.0 Å². The van der Waals surface area contributed by atoms with Crippen molar-refractivity contribution in [2.24, 2.45) is 11.8 Å². The summed E-state index contributed by atoms with van der Waals surface area (Å²) in [6.07, 6.45) is 8.73. The highest BCUT2D eigenvalue weighted by atomic mass is 35.5. The fourth-order valence-corrected chi connectivity index (χ4v) is 8.67. The lowest BCUT2D eigenvalue weighted by atomic mass is 9.85. The van der Waals surface area contributed by atoms with Gasteiger partial charge in [0.2, 0.25) is 12.4 Å². The third kappa shape index (κ3) is 8.77. The number of pyridine rings is 2. The highest BCUT2D eigenvalue weighted by Crippen LogP contribution is 2.42. The number of nitrogens with zero attached hydrogens (tertiary/aromatic N) is 4. The average Bonchev–Trinajstić information content (AvgIpc) is 3.87. The summed E-state index contributed by atoms with van der Waals surface area (Å²) in [7, 11) is 0. The SMILES string of the molecule is O=C(O)c1sc(CN(C(=O)O[C@H]2CN3CCC2CC3)c2cccnc2)cc1[C@@H](Cc1c(Cl)c[n+](O)cc1Cl)c1ccc(OC(F)F)c(OCC2CC2)c1. The first kappa shape index (κ1) is 37.1. The Bertz CT molecular complexity index is 1940. The van der Waals surface area contributed by atoms with Crippen molar-refractivity contribution in [1.82, 2.24) is 9.88 Å². The first-order valence-corrected chi connectivity index (χ1v) is 18.9. The monoisotopic (exact) mass is 789 g/mol. The molecule has 3 aliphatic heterocycles. The Kier molecular flexibility index (Phi) is 11.2. The van der Waals surface area contributed by atoms with Gasteiger partial charge in [-0.15, -0.1) is 11.3 Å². The van der Waals surface area contributed by atoms with Crippen LogP contribution in [0.2, 0.25) is 10.0 Å². The molecule has 0 spiro atoms. The predicted octanol–water partition coefficient (Wildman–Crippen LogP) is 7.68. The number of aromatic nitrogens is 2. The van der Waals surface area contributed by atoms with Gasteiger partial charge in [0, 0.05) is 33.8 Å². The number of amides is 1. The number of hydrogen-bond donors (Lipinski definition) is 2. The van der Waals surface area contributed by atoms with Crippen LogP contribution < -0.4 is 19.1 Å². The number of aromatic carboxylic acids is 1. The van der Waals surface area contributed by atoms with E-state index >= 15 is 0 Å². The van der Waals surface area contributed by atoms with Crippen molar-refractivity contribution in [3.05, 3.63) is 97.7 Å². The molecule has 1 aliphatic carbocycles. The molecule has 0 unspecified atom stereocenters. The van der Waals surface area contributed by atoms with E-state index in [0.29, 0.717) is 46.3 Å². The van der Waals surface area contributed by atoms with Crippen molar-refractivity contribution in [1.29, 1.82) is 0 Å². The summed E-state index contributed by atoms with van der Waals surface area (Å²) < 4.78 is 44.4. The normalized spacial score (nSPS) is 19.9. The minimum Gasteiger partial charge on any atom is -0.489 e. The number of alkyl halides is 2. The maximum Gasteiger partial charge on any atom is 0.415 e. The molecule has 280 valence electrons. The molecule has 6 heterocycles. The summed E-state index contributed by atoms with van der Waals surface area (Å²) >= 11 is 14.1. The van der Waals surface area contributed by atoms with Crippen LogP contribution in [0.5, 0.6) is 11.5 Å². The fraction of sp³-hybridized carbons (Fsp3) is 0.405. The topological polar surface area (TPSA) is 126 Å². The molecule has 2 atom stereocenters. The molecule has 2 N–H and O–H groups in total. The zero-order valence-electron chi connectivity index (χ0n) is 28.4. The molecule has 8 rings (SSSR count). The Balaban J connectivity index is 1.27. The van der Waals surface area contributed by atoms with E-state index in [1.165, 1.54) is 23.4 Å². The number of thiophene rings is 1. The van der Waals surface area contributed by atoms with Gasteiger partial charge in [-0.2, -0.15) is 8.78 Å². The molecule has 3 saturated heterocycles. The molecule has 0 radical (unpaired) electrons. The Morgan fingerprint density at radius 3 is 2.45 bits per heavy atom. The molecule has 2 bridgehead atoms.